The van der Waals surface area contributed by atoms with Crippen molar-refractivity contribution in [1.82, 2.24) is 29.8 Å². The molecule has 1 atom stereocenters. The SMILES string of the molecule is CCn1ncnc1CN1CCC[C@@H](c2nc(-c3ccccc3)no2)C1. The van der Waals surface area contributed by atoms with Gasteiger partial charge in [-0.05, 0) is 26.3 Å². The molecule has 1 aromatic carbocycles. The number of piperidine rings is 1. The van der Waals surface area contributed by atoms with Crippen LogP contribution in [0.25, 0.3) is 11.4 Å². The third-order valence-electron chi connectivity index (χ3n) is 4.69. The van der Waals surface area contributed by atoms with Gasteiger partial charge in [0.05, 0.1) is 12.5 Å². The molecule has 1 aliphatic heterocycles. The standard InChI is InChI=1S/C18H22N6O/c1-2-24-16(19-13-20-24)12-23-10-6-9-15(11-23)18-21-17(22-25-18)14-7-4-3-5-8-14/h3-5,7-8,13,15H,2,6,9-12H2,1H3/t15-/m1/s1. The minimum absolute atomic E-state index is 0.275. The van der Waals surface area contributed by atoms with Gasteiger partial charge >= 0.3 is 0 Å². The lowest BCUT2D eigenvalue weighted by Gasteiger charge is -2.30. The van der Waals surface area contributed by atoms with E-state index in [1.54, 1.807) is 6.33 Å². The van der Waals surface area contributed by atoms with Gasteiger partial charge in [-0.15, -0.1) is 0 Å². The van der Waals surface area contributed by atoms with Gasteiger partial charge in [-0.2, -0.15) is 10.1 Å². The highest BCUT2D eigenvalue weighted by molar-refractivity contribution is 5.53. The van der Waals surface area contributed by atoms with Crippen molar-refractivity contribution >= 4 is 0 Å². The predicted octanol–water partition coefficient (Wildman–Crippen LogP) is 2.73. The highest BCUT2D eigenvalue weighted by Gasteiger charge is 2.27. The van der Waals surface area contributed by atoms with Crippen LogP contribution < -0.4 is 0 Å². The summed E-state index contributed by atoms with van der Waals surface area (Å²) in [5, 5.41) is 8.41. The monoisotopic (exact) mass is 338 g/mol. The maximum atomic E-state index is 5.57. The molecule has 1 fully saturated rings. The summed E-state index contributed by atoms with van der Waals surface area (Å²) in [6.07, 6.45) is 3.83. The molecule has 0 unspecified atom stereocenters. The van der Waals surface area contributed by atoms with Crippen LogP contribution >= 0.6 is 0 Å². The molecule has 0 amide bonds. The summed E-state index contributed by atoms with van der Waals surface area (Å²) in [5.74, 6) is 2.69. The van der Waals surface area contributed by atoms with Gasteiger partial charge in [0.15, 0.2) is 0 Å². The fourth-order valence-corrected chi connectivity index (χ4v) is 3.38. The molecule has 7 heteroatoms. The fraction of sp³-hybridized carbons (Fsp3) is 0.444. The van der Waals surface area contributed by atoms with Crippen molar-refractivity contribution in [1.29, 1.82) is 0 Å². The Kier molecular flexibility index (Phi) is 4.56. The van der Waals surface area contributed by atoms with Gasteiger partial charge in [-0.1, -0.05) is 35.5 Å². The number of nitrogens with zero attached hydrogens (tertiary/aromatic N) is 6. The summed E-state index contributed by atoms with van der Waals surface area (Å²) in [6, 6.07) is 9.95. The second kappa shape index (κ2) is 7.14. The van der Waals surface area contributed by atoms with Crippen LogP contribution in [-0.2, 0) is 13.1 Å². The molecule has 2 aromatic heterocycles. The molecule has 3 heterocycles. The summed E-state index contributed by atoms with van der Waals surface area (Å²) >= 11 is 0. The van der Waals surface area contributed by atoms with Crippen LogP contribution in [0.4, 0.5) is 0 Å². The molecule has 130 valence electrons. The Bertz CT molecular complexity index is 812. The van der Waals surface area contributed by atoms with Crippen molar-refractivity contribution in [3.8, 4) is 11.4 Å². The van der Waals surface area contributed by atoms with E-state index in [0.717, 1.165) is 56.3 Å². The summed E-state index contributed by atoms with van der Waals surface area (Å²) in [7, 11) is 0. The molecule has 1 aliphatic rings. The van der Waals surface area contributed by atoms with Gasteiger partial charge in [-0.25, -0.2) is 9.67 Å². The van der Waals surface area contributed by atoms with Crippen LogP contribution in [0, 0.1) is 0 Å². The maximum Gasteiger partial charge on any atom is 0.231 e. The molecule has 3 aromatic rings. The lowest BCUT2D eigenvalue weighted by atomic mass is 9.98. The first-order valence-corrected chi connectivity index (χ1v) is 8.81. The van der Waals surface area contributed by atoms with Crippen molar-refractivity contribution in [2.24, 2.45) is 0 Å². The number of hydrogen-bond acceptors (Lipinski definition) is 6. The number of rotatable bonds is 5. The Morgan fingerprint density at radius 3 is 2.96 bits per heavy atom. The van der Waals surface area contributed by atoms with Gasteiger partial charge in [0.2, 0.25) is 11.7 Å². The smallest absolute Gasteiger partial charge is 0.231 e. The lowest BCUT2D eigenvalue weighted by Crippen LogP contribution is -2.35. The van der Waals surface area contributed by atoms with E-state index in [0.29, 0.717) is 5.82 Å². The van der Waals surface area contributed by atoms with Crippen molar-refractivity contribution in [3.63, 3.8) is 0 Å². The van der Waals surface area contributed by atoms with E-state index < -0.39 is 0 Å². The molecule has 0 saturated carbocycles. The molecule has 0 bridgehead atoms. The molecule has 25 heavy (non-hydrogen) atoms. The number of hydrogen-bond donors (Lipinski definition) is 0. The average molecular weight is 338 g/mol. The van der Waals surface area contributed by atoms with Gasteiger partial charge in [0, 0.05) is 18.7 Å². The first-order chi connectivity index (χ1) is 12.3. The minimum Gasteiger partial charge on any atom is -0.339 e. The first kappa shape index (κ1) is 16.0. The van der Waals surface area contributed by atoms with E-state index in [9.17, 15) is 0 Å². The Labute approximate surface area is 146 Å². The topological polar surface area (TPSA) is 72.9 Å². The highest BCUT2D eigenvalue weighted by atomic mass is 16.5. The van der Waals surface area contributed by atoms with E-state index in [4.69, 9.17) is 4.52 Å². The van der Waals surface area contributed by atoms with E-state index in [1.165, 1.54) is 0 Å². The summed E-state index contributed by atoms with van der Waals surface area (Å²) in [4.78, 5) is 11.4. The summed E-state index contributed by atoms with van der Waals surface area (Å²) < 4.78 is 7.51. The number of benzene rings is 1. The third kappa shape index (κ3) is 3.46. The number of likely N-dealkylation sites (tertiary alicyclic amines) is 1. The Hall–Kier alpha value is -2.54. The predicted molar refractivity (Wildman–Crippen MR) is 92.7 cm³/mol. The van der Waals surface area contributed by atoms with Crippen LogP contribution in [0.1, 0.15) is 37.4 Å². The molecule has 0 N–H and O–H groups in total. The van der Waals surface area contributed by atoms with Crippen molar-refractivity contribution in [2.75, 3.05) is 13.1 Å². The van der Waals surface area contributed by atoms with Crippen LogP contribution in [0.15, 0.2) is 41.2 Å². The summed E-state index contributed by atoms with van der Waals surface area (Å²) in [5.41, 5.74) is 0.987. The van der Waals surface area contributed by atoms with Crippen LogP contribution in [0.5, 0.6) is 0 Å². The largest absolute Gasteiger partial charge is 0.339 e. The second-order valence-electron chi connectivity index (χ2n) is 6.39. The number of aryl methyl sites for hydroxylation is 1. The Balaban J connectivity index is 1.45. The Morgan fingerprint density at radius 2 is 2.12 bits per heavy atom. The molecular weight excluding hydrogens is 316 g/mol. The van der Waals surface area contributed by atoms with Crippen molar-refractivity contribution in [2.45, 2.75) is 38.8 Å². The fourth-order valence-electron chi connectivity index (χ4n) is 3.38. The van der Waals surface area contributed by atoms with Gasteiger partial charge in [0.1, 0.15) is 12.2 Å². The molecule has 0 radical (unpaired) electrons. The van der Waals surface area contributed by atoms with Crippen LogP contribution in [0.2, 0.25) is 0 Å². The zero-order valence-corrected chi connectivity index (χ0v) is 14.4. The molecular formula is C18H22N6O. The second-order valence-corrected chi connectivity index (χ2v) is 6.39. The molecule has 4 rings (SSSR count). The third-order valence-corrected chi connectivity index (χ3v) is 4.69. The van der Waals surface area contributed by atoms with E-state index in [-0.39, 0.29) is 5.92 Å². The molecule has 0 aliphatic carbocycles. The van der Waals surface area contributed by atoms with Crippen LogP contribution in [0.3, 0.4) is 0 Å². The quantitative estimate of drug-likeness (QED) is 0.712. The maximum absolute atomic E-state index is 5.57. The van der Waals surface area contributed by atoms with E-state index in [1.807, 2.05) is 35.0 Å². The van der Waals surface area contributed by atoms with Crippen molar-refractivity contribution in [3.05, 3.63) is 48.4 Å². The first-order valence-electron chi connectivity index (χ1n) is 8.81. The zero-order chi connectivity index (χ0) is 17.1. The van der Waals surface area contributed by atoms with Crippen molar-refractivity contribution < 1.29 is 4.52 Å². The van der Waals surface area contributed by atoms with Crippen LogP contribution in [-0.4, -0.2) is 42.9 Å². The van der Waals surface area contributed by atoms with E-state index >= 15 is 0 Å². The summed E-state index contributed by atoms with van der Waals surface area (Å²) in [6.45, 7) is 5.71. The normalized spacial score (nSPS) is 18.5. The molecule has 7 nitrogen and oxygen atoms in total. The lowest BCUT2D eigenvalue weighted by molar-refractivity contribution is 0.174. The molecule has 0 spiro atoms. The van der Waals surface area contributed by atoms with E-state index in [2.05, 4.69) is 32.0 Å². The average Bonchev–Trinajstić information content (AvgIpc) is 3.32. The van der Waals surface area contributed by atoms with Gasteiger partial charge in [-0.3, -0.25) is 4.90 Å². The highest BCUT2D eigenvalue weighted by Crippen LogP contribution is 2.28. The zero-order valence-electron chi connectivity index (χ0n) is 14.4. The van der Waals surface area contributed by atoms with Gasteiger partial charge < -0.3 is 4.52 Å². The number of aromatic nitrogens is 5. The Morgan fingerprint density at radius 1 is 1.24 bits per heavy atom. The molecule has 1 saturated heterocycles. The van der Waals surface area contributed by atoms with Gasteiger partial charge in [0.25, 0.3) is 0 Å². The minimum atomic E-state index is 0.275.